The van der Waals surface area contributed by atoms with Gasteiger partial charge in [-0.2, -0.15) is 0 Å². The normalized spacial score (nSPS) is 17.9. The van der Waals surface area contributed by atoms with Crippen LogP contribution in [0.25, 0.3) is 11.1 Å². The highest BCUT2D eigenvalue weighted by Gasteiger charge is 2.21. The van der Waals surface area contributed by atoms with E-state index in [2.05, 4.69) is 5.32 Å². The van der Waals surface area contributed by atoms with Gasteiger partial charge in [0.05, 0.1) is 4.88 Å². The van der Waals surface area contributed by atoms with Gasteiger partial charge in [-0.1, -0.05) is 18.2 Å². The maximum atomic E-state index is 13.9. The first kappa shape index (κ1) is 14.3. The van der Waals surface area contributed by atoms with E-state index in [0.717, 1.165) is 29.3 Å². The molecule has 0 unspecified atom stereocenters. The van der Waals surface area contributed by atoms with Crippen molar-refractivity contribution in [1.82, 2.24) is 5.32 Å². The van der Waals surface area contributed by atoms with Crippen molar-refractivity contribution in [1.29, 1.82) is 0 Å². The minimum absolute atomic E-state index is 0. The first-order chi connectivity index (χ1) is 8.75. The van der Waals surface area contributed by atoms with Gasteiger partial charge in [-0.25, -0.2) is 4.39 Å². The monoisotopic (exact) mass is 299 g/mol. The molecule has 5 heteroatoms. The van der Waals surface area contributed by atoms with Crippen LogP contribution in [0.2, 0.25) is 0 Å². The lowest BCUT2D eigenvalue weighted by atomic mass is 10.1. The van der Waals surface area contributed by atoms with Crippen LogP contribution in [0.3, 0.4) is 0 Å². The molecule has 2 nitrogen and oxygen atoms in total. The van der Waals surface area contributed by atoms with Crippen LogP contribution in [-0.2, 0) is 6.54 Å². The van der Waals surface area contributed by atoms with E-state index in [4.69, 9.17) is 4.74 Å². The molecule has 1 aromatic carbocycles. The van der Waals surface area contributed by atoms with Crippen LogP contribution in [0, 0.1) is 5.82 Å². The molecule has 1 aliphatic heterocycles. The number of halogens is 2. The number of rotatable bonds is 1. The topological polar surface area (TPSA) is 21.3 Å². The van der Waals surface area contributed by atoms with Gasteiger partial charge in [0.2, 0.25) is 0 Å². The van der Waals surface area contributed by atoms with Crippen LogP contribution in [0.1, 0.15) is 11.8 Å². The van der Waals surface area contributed by atoms with E-state index >= 15 is 0 Å². The first-order valence-electron chi connectivity index (χ1n) is 5.98. The maximum absolute atomic E-state index is 13.9. The predicted molar refractivity (Wildman–Crippen MR) is 78.8 cm³/mol. The fourth-order valence-electron chi connectivity index (χ4n) is 2.14. The van der Waals surface area contributed by atoms with Gasteiger partial charge in [0.25, 0.3) is 0 Å². The summed E-state index contributed by atoms with van der Waals surface area (Å²) in [4.78, 5) is 1.14. The van der Waals surface area contributed by atoms with Crippen molar-refractivity contribution in [3.63, 3.8) is 0 Å². The SMILES string of the molecule is C[C@H]1CNCc2scc(-c3ccccc3F)c2O1.Cl. The Labute approximate surface area is 122 Å². The molecule has 1 N–H and O–H groups in total. The number of hydrogen-bond donors (Lipinski definition) is 1. The second kappa shape index (κ2) is 5.90. The van der Waals surface area contributed by atoms with Crippen LogP contribution < -0.4 is 10.1 Å². The van der Waals surface area contributed by atoms with Gasteiger partial charge < -0.3 is 10.1 Å². The maximum Gasteiger partial charge on any atom is 0.142 e. The molecular weight excluding hydrogens is 285 g/mol. The number of nitrogens with one attached hydrogen (secondary N) is 1. The van der Waals surface area contributed by atoms with Crippen molar-refractivity contribution >= 4 is 23.7 Å². The lowest BCUT2D eigenvalue weighted by Gasteiger charge is -2.13. The van der Waals surface area contributed by atoms with Gasteiger partial charge in [0.15, 0.2) is 0 Å². The number of benzene rings is 1. The molecule has 0 fully saturated rings. The second-order valence-corrected chi connectivity index (χ2v) is 5.41. The summed E-state index contributed by atoms with van der Waals surface area (Å²) in [5, 5.41) is 5.30. The van der Waals surface area contributed by atoms with Gasteiger partial charge in [0, 0.05) is 29.6 Å². The van der Waals surface area contributed by atoms with Crippen molar-refractivity contribution in [2.24, 2.45) is 0 Å². The third kappa shape index (κ3) is 2.76. The molecule has 1 aromatic heterocycles. The van der Waals surface area contributed by atoms with Gasteiger partial charge in [-0.05, 0) is 13.0 Å². The predicted octanol–water partition coefficient (Wildman–Crippen LogP) is 3.85. The molecule has 3 rings (SSSR count). The zero-order valence-electron chi connectivity index (χ0n) is 10.5. The average Bonchev–Trinajstić information content (AvgIpc) is 2.64. The minimum atomic E-state index is -0.202. The quantitative estimate of drug-likeness (QED) is 0.864. The third-order valence-corrected chi connectivity index (χ3v) is 3.99. The summed E-state index contributed by atoms with van der Waals surface area (Å²) < 4.78 is 19.8. The fraction of sp³-hybridized carbons (Fsp3) is 0.286. The molecule has 2 heterocycles. The third-order valence-electron chi connectivity index (χ3n) is 3.02. The summed E-state index contributed by atoms with van der Waals surface area (Å²) in [6, 6.07) is 6.83. The summed E-state index contributed by atoms with van der Waals surface area (Å²) in [6.07, 6.45) is 0.103. The van der Waals surface area contributed by atoms with Crippen molar-refractivity contribution in [2.45, 2.75) is 19.6 Å². The van der Waals surface area contributed by atoms with Crippen LogP contribution in [0.5, 0.6) is 5.75 Å². The van der Waals surface area contributed by atoms with Crippen molar-refractivity contribution in [2.75, 3.05) is 6.54 Å². The number of thiophene rings is 1. The lowest BCUT2D eigenvalue weighted by Crippen LogP contribution is -2.25. The zero-order valence-corrected chi connectivity index (χ0v) is 12.1. The average molecular weight is 300 g/mol. The molecule has 19 heavy (non-hydrogen) atoms. The summed E-state index contributed by atoms with van der Waals surface area (Å²) in [6.45, 7) is 3.63. The lowest BCUT2D eigenvalue weighted by molar-refractivity contribution is 0.228. The molecule has 0 radical (unpaired) electrons. The Morgan fingerprint density at radius 3 is 2.89 bits per heavy atom. The van der Waals surface area contributed by atoms with E-state index in [1.54, 1.807) is 23.5 Å². The van der Waals surface area contributed by atoms with E-state index in [-0.39, 0.29) is 24.3 Å². The standard InChI is InChI=1S/C14H14FNOS.ClH/c1-9-6-16-7-13-14(17-9)11(8-18-13)10-4-2-3-5-12(10)15;/h2-5,8-9,16H,6-7H2,1H3;1H/t9-;/m0./s1. The largest absolute Gasteiger partial charge is 0.488 e. The Kier molecular flexibility index (Phi) is 4.45. The highest BCUT2D eigenvalue weighted by atomic mass is 35.5. The van der Waals surface area contributed by atoms with Gasteiger partial charge >= 0.3 is 0 Å². The molecule has 102 valence electrons. The molecule has 1 aliphatic rings. The van der Waals surface area contributed by atoms with Crippen LogP contribution in [0.4, 0.5) is 4.39 Å². The van der Waals surface area contributed by atoms with E-state index in [0.29, 0.717) is 5.56 Å². The second-order valence-electron chi connectivity index (χ2n) is 4.44. The van der Waals surface area contributed by atoms with E-state index in [1.807, 2.05) is 18.4 Å². The molecule has 0 amide bonds. The number of ether oxygens (including phenoxy) is 1. The molecule has 0 spiro atoms. The molecule has 1 atom stereocenters. The summed E-state index contributed by atoms with van der Waals surface area (Å²) in [5.74, 6) is 0.633. The Morgan fingerprint density at radius 1 is 1.32 bits per heavy atom. The summed E-state index contributed by atoms with van der Waals surface area (Å²) in [5.41, 5.74) is 1.48. The molecule has 0 saturated carbocycles. The van der Waals surface area contributed by atoms with Crippen molar-refractivity contribution in [3.05, 3.63) is 40.3 Å². The highest BCUT2D eigenvalue weighted by Crippen LogP contribution is 2.40. The van der Waals surface area contributed by atoms with Crippen molar-refractivity contribution in [3.8, 4) is 16.9 Å². The Morgan fingerprint density at radius 2 is 2.11 bits per heavy atom. The van der Waals surface area contributed by atoms with Gasteiger partial charge in [-0.15, -0.1) is 23.7 Å². The molecule has 0 saturated heterocycles. The molecular formula is C14H15ClFNOS. The molecule has 2 aromatic rings. The highest BCUT2D eigenvalue weighted by molar-refractivity contribution is 7.10. The minimum Gasteiger partial charge on any atom is -0.488 e. The summed E-state index contributed by atoms with van der Waals surface area (Å²) in [7, 11) is 0. The number of fused-ring (bicyclic) bond motifs is 1. The van der Waals surface area contributed by atoms with E-state index in [1.165, 1.54) is 6.07 Å². The van der Waals surface area contributed by atoms with Gasteiger partial charge in [-0.3, -0.25) is 0 Å². The van der Waals surface area contributed by atoms with E-state index in [9.17, 15) is 4.39 Å². The molecule has 0 bridgehead atoms. The van der Waals surface area contributed by atoms with Crippen LogP contribution in [0.15, 0.2) is 29.6 Å². The smallest absolute Gasteiger partial charge is 0.142 e. The Bertz CT molecular complexity index is 572. The summed E-state index contributed by atoms with van der Waals surface area (Å²) >= 11 is 1.62. The van der Waals surface area contributed by atoms with Crippen LogP contribution in [-0.4, -0.2) is 12.6 Å². The molecule has 0 aliphatic carbocycles. The Balaban J connectivity index is 0.00000133. The first-order valence-corrected chi connectivity index (χ1v) is 6.86. The Hall–Kier alpha value is -1.10. The number of hydrogen-bond acceptors (Lipinski definition) is 3. The van der Waals surface area contributed by atoms with Gasteiger partial charge in [0.1, 0.15) is 17.7 Å². The van der Waals surface area contributed by atoms with E-state index < -0.39 is 0 Å². The fourth-order valence-corrected chi connectivity index (χ4v) is 3.08. The van der Waals surface area contributed by atoms with Crippen molar-refractivity contribution < 1.29 is 9.13 Å². The zero-order chi connectivity index (χ0) is 12.5. The van der Waals surface area contributed by atoms with Crippen LogP contribution >= 0.6 is 23.7 Å².